The van der Waals surface area contributed by atoms with Crippen molar-refractivity contribution < 1.29 is 14.3 Å². The summed E-state index contributed by atoms with van der Waals surface area (Å²) in [5.41, 5.74) is 4.45. The van der Waals surface area contributed by atoms with E-state index in [4.69, 9.17) is 27.9 Å². The number of thiazole rings is 2. The maximum absolute atomic E-state index is 12.8. The van der Waals surface area contributed by atoms with Crippen LogP contribution in [-0.2, 0) is 0 Å². The summed E-state index contributed by atoms with van der Waals surface area (Å²) in [6.45, 7) is 3.90. The van der Waals surface area contributed by atoms with Crippen LogP contribution in [0.4, 0.5) is 10.3 Å². The predicted octanol–water partition coefficient (Wildman–Crippen LogP) is 9.13. The molecule has 2 amide bonds. The van der Waals surface area contributed by atoms with Gasteiger partial charge in [0, 0.05) is 11.1 Å². The van der Waals surface area contributed by atoms with Gasteiger partial charge in [0.2, 0.25) is 0 Å². The number of benzene rings is 4. The van der Waals surface area contributed by atoms with Crippen molar-refractivity contribution in [1.29, 1.82) is 0 Å². The fraction of sp³-hybridized carbons (Fsp3) is 0.0667. The van der Waals surface area contributed by atoms with Gasteiger partial charge in [0.1, 0.15) is 11.5 Å². The molecule has 0 fully saturated rings. The number of nitrogens with one attached hydrogen (secondary N) is 2. The van der Waals surface area contributed by atoms with Gasteiger partial charge < -0.3 is 4.74 Å². The Morgan fingerprint density at radius 1 is 0.634 bits per heavy atom. The van der Waals surface area contributed by atoms with Gasteiger partial charge in [0.05, 0.1) is 30.5 Å². The van der Waals surface area contributed by atoms with Gasteiger partial charge in [0.15, 0.2) is 10.3 Å². The monoisotopic (exact) mass is 618 g/mol. The lowest BCUT2D eigenvalue weighted by Crippen LogP contribution is -2.11. The SMILES string of the molecule is Cc1ccc(Cl)c2sc(NC(=O)c3ccc(Oc4ccc(C(=O)Nc5nc6c(C)ccc(Cl)c6s5)cc4)cc3)nc12. The maximum atomic E-state index is 12.8. The third-order valence-electron chi connectivity index (χ3n) is 6.30. The first-order valence-electron chi connectivity index (χ1n) is 12.4. The number of carbonyl (C=O) groups is 2. The summed E-state index contributed by atoms with van der Waals surface area (Å²) < 4.78 is 7.58. The van der Waals surface area contributed by atoms with Gasteiger partial charge in [-0.15, -0.1) is 0 Å². The molecule has 4 aromatic carbocycles. The molecule has 2 N–H and O–H groups in total. The third kappa shape index (κ3) is 5.62. The highest BCUT2D eigenvalue weighted by Gasteiger charge is 2.15. The van der Waals surface area contributed by atoms with Crippen LogP contribution in [0, 0.1) is 13.8 Å². The highest BCUT2D eigenvalue weighted by atomic mass is 35.5. The quantitative estimate of drug-likeness (QED) is 0.194. The topological polar surface area (TPSA) is 93.2 Å². The Morgan fingerprint density at radius 3 is 1.39 bits per heavy atom. The fourth-order valence-electron chi connectivity index (χ4n) is 4.13. The Balaban J connectivity index is 1.08. The average Bonchev–Trinajstić information content (AvgIpc) is 3.60. The van der Waals surface area contributed by atoms with Crippen LogP contribution in [0.3, 0.4) is 0 Å². The number of carbonyl (C=O) groups excluding carboxylic acids is 2. The van der Waals surface area contributed by atoms with Crippen molar-refractivity contribution in [2.75, 3.05) is 10.6 Å². The molecule has 6 rings (SSSR count). The Labute approximate surface area is 252 Å². The van der Waals surface area contributed by atoms with E-state index in [0.717, 1.165) is 31.6 Å². The summed E-state index contributed by atoms with van der Waals surface area (Å²) in [7, 11) is 0. The lowest BCUT2D eigenvalue weighted by Gasteiger charge is -2.08. The number of nitrogens with zero attached hydrogens (tertiary/aromatic N) is 2. The lowest BCUT2D eigenvalue weighted by molar-refractivity contribution is 0.101. The first-order chi connectivity index (χ1) is 19.7. The van der Waals surface area contributed by atoms with Crippen LogP contribution in [-0.4, -0.2) is 21.8 Å². The second-order valence-corrected chi connectivity index (χ2v) is 12.0. The van der Waals surface area contributed by atoms with E-state index in [1.54, 1.807) is 48.5 Å². The van der Waals surface area contributed by atoms with Gasteiger partial charge in [-0.3, -0.25) is 20.2 Å². The number of fused-ring (bicyclic) bond motifs is 2. The van der Waals surface area contributed by atoms with Crippen molar-refractivity contribution in [2.24, 2.45) is 0 Å². The normalized spacial score (nSPS) is 11.1. The number of rotatable bonds is 6. The van der Waals surface area contributed by atoms with E-state index in [1.807, 2.05) is 38.1 Å². The molecule has 41 heavy (non-hydrogen) atoms. The second kappa shape index (κ2) is 11.1. The van der Waals surface area contributed by atoms with Gasteiger partial charge in [-0.2, -0.15) is 0 Å². The third-order valence-corrected chi connectivity index (χ3v) is 9.17. The molecule has 0 aliphatic rings. The molecule has 2 aromatic heterocycles. The van der Waals surface area contributed by atoms with Crippen LogP contribution in [0.2, 0.25) is 10.0 Å². The molecule has 0 aliphatic heterocycles. The molecule has 0 aliphatic carbocycles. The lowest BCUT2D eigenvalue weighted by atomic mass is 10.2. The smallest absolute Gasteiger partial charge is 0.257 e. The number of anilines is 2. The van der Waals surface area contributed by atoms with Gasteiger partial charge in [-0.05, 0) is 85.6 Å². The van der Waals surface area contributed by atoms with Gasteiger partial charge in [0.25, 0.3) is 11.8 Å². The van der Waals surface area contributed by atoms with Crippen LogP contribution < -0.4 is 15.4 Å². The molecule has 204 valence electrons. The molecular formula is C30H20Cl2N4O3S2. The second-order valence-electron chi connectivity index (χ2n) is 9.18. The van der Waals surface area contributed by atoms with Crippen molar-refractivity contribution in [2.45, 2.75) is 13.8 Å². The summed E-state index contributed by atoms with van der Waals surface area (Å²) in [4.78, 5) is 34.6. The fourth-order valence-corrected chi connectivity index (χ4v) is 6.56. The van der Waals surface area contributed by atoms with Crippen molar-refractivity contribution in [3.8, 4) is 11.5 Å². The van der Waals surface area contributed by atoms with Crippen molar-refractivity contribution in [3.63, 3.8) is 0 Å². The summed E-state index contributed by atoms with van der Waals surface area (Å²) in [6, 6.07) is 20.9. The Bertz CT molecular complexity index is 1730. The molecule has 0 saturated carbocycles. The molecular weight excluding hydrogens is 599 g/mol. The molecule has 0 bridgehead atoms. The van der Waals surface area contributed by atoms with E-state index < -0.39 is 0 Å². The maximum Gasteiger partial charge on any atom is 0.257 e. The largest absolute Gasteiger partial charge is 0.457 e. The number of aryl methyl sites for hydroxylation is 2. The minimum absolute atomic E-state index is 0.287. The average molecular weight is 620 g/mol. The minimum atomic E-state index is -0.287. The van der Waals surface area contributed by atoms with Crippen molar-refractivity contribution in [1.82, 2.24) is 9.97 Å². The zero-order valence-corrected chi connectivity index (χ0v) is 24.8. The summed E-state index contributed by atoms with van der Waals surface area (Å²) in [5.74, 6) is 0.515. The zero-order valence-electron chi connectivity index (χ0n) is 21.6. The molecule has 2 heterocycles. The molecule has 7 nitrogen and oxygen atoms in total. The molecule has 0 atom stereocenters. The molecule has 0 spiro atoms. The summed E-state index contributed by atoms with van der Waals surface area (Å²) >= 11 is 15.2. The van der Waals surface area contributed by atoms with Crippen LogP contribution in [0.5, 0.6) is 11.5 Å². The molecule has 0 saturated heterocycles. The zero-order chi connectivity index (χ0) is 28.7. The first-order valence-corrected chi connectivity index (χ1v) is 14.8. The Hall–Kier alpha value is -4.02. The highest BCUT2D eigenvalue weighted by molar-refractivity contribution is 7.23. The van der Waals surface area contributed by atoms with E-state index in [1.165, 1.54) is 22.7 Å². The number of hydrogen-bond acceptors (Lipinski definition) is 7. The Kier molecular flexibility index (Phi) is 7.35. The summed E-state index contributed by atoms with van der Waals surface area (Å²) in [6.07, 6.45) is 0. The van der Waals surface area contributed by atoms with E-state index in [9.17, 15) is 9.59 Å². The van der Waals surface area contributed by atoms with Crippen LogP contribution in [0.25, 0.3) is 20.4 Å². The number of ether oxygens (including phenoxy) is 1. The van der Waals surface area contributed by atoms with E-state index in [0.29, 0.717) is 42.9 Å². The first kappa shape index (κ1) is 27.2. The van der Waals surface area contributed by atoms with Crippen molar-refractivity contribution >= 4 is 88.4 Å². The van der Waals surface area contributed by atoms with Gasteiger partial charge >= 0.3 is 0 Å². The Morgan fingerprint density at radius 2 is 1.02 bits per heavy atom. The number of amides is 2. The molecule has 11 heteroatoms. The van der Waals surface area contributed by atoms with Crippen LogP contribution >= 0.6 is 45.9 Å². The minimum Gasteiger partial charge on any atom is -0.457 e. The van der Waals surface area contributed by atoms with Gasteiger partial charge in [-0.25, -0.2) is 9.97 Å². The summed E-state index contributed by atoms with van der Waals surface area (Å²) in [5, 5.41) is 7.85. The number of hydrogen-bond donors (Lipinski definition) is 2. The number of aromatic nitrogens is 2. The van der Waals surface area contributed by atoms with E-state index in [-0.39, 0.29) is 11.8 Å². The van der Waals surface area contributed by atoms with Crippen LogP contribution in [0.1, 0.15) is 31.8 Å². The van der Waals surface area contributed by atoms with Crippen LogP contribution in [0.15, 0.2) is 72.8 Å². The molecule has 0 radical (unpaired) electrons. The predicted molar refractivity (Wildman–Crippen MR) is 168 cm³/mol. The molecule has 0 unspecified atom stereocenters. The van der Waals surface area contributed by atoms with E-state index >= 15 is 0 Å². The van der Waals surface area contributed by atoms with E-state index in [2.05, 4.69) is 20.6 Å². The standard InChI is InChI=1S/C30H20Cl2N4O3S2/c1-15-3-13-21(31)25-23(15)33-29(40-25)35-27(37)17-5-9-19(10-6-17)39-20-11-7-18(8-12-20)28(38)36-30-34-24-16(2)4-14-22(32)26(24)41-30/h3-14H,1-2H3,(H,33,35,37)(H,34,36,38). The van der Waals surface area contributed by atoms with Gasteiger partial charge in [-0.1, -0.05) is 58.0 Å². The number of halogens is 2. The molecule has 6 aromatic rings. The highest BCUT2D eigenvalue weighted by Crippen LogP contribution is 2.35. The van der Waals surface area contributed by atoms with Crippen molar-refractivity contribution in [3.05, 3.63) is 105 Å².